The molecule has 8 nitrogen and oxygen atoms in total. The van der Waals surface area contributed by atoms with Crippen molar-refractivity contribution in [3.05, 3.63) is 63.4 Å². The molecule has 46 heavy (non-hydrogen) atoms. The number of anilines is 1. The molecule has 5 fully saturated rings. The summed E-state index contributed by atoms with van der Waals surface area (Å²) in [5.74, 6) is 1.21. The molecule has 2 bridgehead atoms. The van der Waals surface area contributed by atoms with Crippen LogP contribution in [0.25, 0.3) is 0 Å². The van der Waals surface area contributed by atoms with Crippen LogP contribution in [-0.4, -0.2) is 51.2 Å². The molecule has 2 aromatic carbocycles. The number of carbonyl (C=O) groups excluding carboxylic acids is 3. The highest BCUT2D eigenvalue weighted by molar-refractivity contribution is 7.98. The fraction of sp³-hybridized carbons (Fsp3) is 0.529. The topological polar surface area (TPSA) is 116 Å². The maximum atomic E-state index is 16.2. The van der Waals surface area contributed by atoms with Crippen molar-refractivity contribution in [2.75, 3.05) is 11.6 Å². The van der Waals surface area contributed by atoms with Gasteiger partial charge in [0.2, 0.25) is 17.7 Å². The first-order chi connectivity index (χ1) is 21.7. The number of halogens is 3. The first-order valence-electron chi connectivity index (χ1n) is 16.0. The lowest BCUT2D eigenvalue weighted by Gasteiger charge is -2.53. The summed E-state index contributed by atoms with van der Waals surface area (Å²) in [6.45, 7) is 0. The molecule has 1 saturated heterocycles. The van der Waals surface area contributed by atoms with Crippen LogP contribution >= 0.6 is 23.2 Å². The predicted octanol–water partition coefficient (Wildman–Crippen LogP) is 5.37. The Hall–Kier alpha value is -2.66. The van der Waals surface area contributed by atoms with Gasteiger partial charge in [-0.2, -0.15) is 0 Å². The lowest BCUT2D eigenvalue weighted by Crippen LogP contribution is -2.63. The molecule has 6 aliphatic rings. The van der Waals surface area contributed by atoms with Crippen LogP contribution in [0, 0.1) is 11.2 Å². The number of benzene rings is 2. The molecule has 2 aliphatic heterocycles. The first kappa shape index (κ1) is 31.9. The van der Waals surface area contributed by atoms with E-state index in [9.17, 15) is 18.6 Å². The number of hydrogen-bond donors (Lipinski definition) is 4. The summed E-state index contributed by atoms with van der Waals surface area (Å²) in [6.07, 6.45) is 8.78. The molecule has 2 spiro atoms. The van der Waals surface area contributed by atoms with Crippen LogP contribution in [0.4, 0.5) is 10.1 Å². The average Bonchev–Trinajstić information content (AvgIpc) is 3.46. The predicted molar refractivity (Wildman–Crippen MR) is 179 cm³/mol. The Kier molecular flexibility index (Phi) is 7.59. The molecular weight excluding hydrogens is 650 g/mol. The van der Waals surface area contributed by atoms with Crippen molar-refractivity contribution in [3.8, 4) is 0 Å². The van der Waals surface area contributed by atoms with Crippen molar-refractivity contribution < 1.29 is 23.0 Å². The summed E-state index contributed by atoms with van der Waals surface area (Å²) in [6, 6.07) is 9.14. The van der Waals surface area contributed by atoms with Gasteiger partial charge in [0.05, 0.1) is 16.5 Å². The van der Waals surface area contributed by atoms with Crippen molar-refractivity contribution in [1.29, 1.82) is 0 Å². The molecule has 8 rings (SSSR count). The highest BCUT2D eigenvalue weighted by Crippen LogP contribution is 2.63. The van der Waals surface area contributed by atoms with E-state index in [1.54, 1.807) is 24.3 Å². The van der Waals surface area contributed by atoms with Crippen molar-refractivity contribution in [3.63, 3.8) is 0 Å². The van der Waals surface area contributed by atoms with Gasteiger partial charge in [0.15, 0.2) is 0 Å². The highest BCUT2D eigenvalue weighted by atomic mass is 35.5. The van der Waals surface area contributed by atoms with Gasteiger partial charge >= 0.3 is 0 Å². The minimum absolute atomic E-state index is 0.0720. The van der Waals surface area contributed by atoms with Crippen LogP contribution in [-0.2, 0) is 29.5 Å². The molecule has 4 aliphatic carbocycles. The van der Waals surface area contributed by atoms with E-state index in [0.717, 1.165) is 19.3 Å². The lowest BCUT2D eigenvalue weighted by atomic mass is 9.55. The number of rotatable bonds is 5. The second kappa shape index (κ2) is 10.9. The Bertz CT molecular complexity index is 1740. The fourth-order valence-corrected chi connectivity index (χ4v) is 10.5. The van der Waals surface area contributed by atoms with Crippen LogP contribution in [0.5, 0.6) is 0 Å². The second-order valence-corrected chi connectivity index (χ2v) is 17.4. The fourth-order valence-electron chi connectivity index (χ4n) is 9.57. The molecule has 4 N–H and O–H groups in total. The maximum Gasteiger partial charge on any atom is 0.238 e. The Morgan fingerprint density at radius 1 is 1.00 bits per heavy atom. The molecule has 0 aromatic heterocycles. The van der Waals surface area contributed by atoms with E-state index in [1.165, 1.54) is 12.3 Å². The Morgan fingerprint density at radius 2 is 1.67 bits per heavy atom. The van der Waals surface area contributed by atoms with Gasteiger partial charge < -0.3 is 10.6 Å². The van der Waals surface area contributed by atoms with Gasteiger partial charge in [-0.25, -0.2) is 8.60 Å². The monoisotopic (exact) mass is 688 g/mol. The molecule has 246 valence electrons. The van der Waals surface area contributed by atoms with Crippen LogP contribution in [0.3, 0.4) is 0 Å². The maximum absolute atomic E-state index is 16.2. The van der Waals surface area contributed by atoms with Gasteiger partial charge in [-0.15, -0.1) is 0 Å². The van der Waals surface area contributed by atoms with E-state index >= 15 is 4.39 Å². The standard InChI is InChI=1S/C34H39Cl2FN4O4S/c1-46(2,45)41-29(43)31-13-16-32(17-14-31,18-15-31)40-28(42)27-25(21-7-6-8-23(36)26(21)37)34(33(39-27)11-4-3-5-12-33)22-10-9-20(35)19-24(22)38-30(34)44/h6-10,19,25,27,39H,1,3-5,11-18H2,2H3,(H,38,44)(H,40,42)(H,41,43,45)/t25-,27+,31?,32?,34+,46?/m0/s1. The van der Waals surface area contributed by atoms with Crippen molar-refractivity contribution in [2.24, 2.45) is 5.41 Å². The molecule has 4 saturated carbocycles. The number of carbonyl (C=O) groups is 3. The van der Waals surface area contributed by atoms with E-state index < -0.39 is 49.4 Å². The average molecular weight is 690 g/mol. The van der Waals surface area contributed by atoms with Gasteiger partial charge in [0.1, 0.15) is 11.2 Å². The van der Waals surface area contributed by atoms with Gasteiger partial charge in [-0.05, 0) is 86.6 Å². The molecule has 4 atom stereocenters. The summed E-state index contributed by atoms with van der Waals surface area (Å²) >= 11 is 12.7. The molecule has 3 amide bonds. The van der Waals surface area contributed by atoms with Gasteiger partial charge in [-0.1, -0.05) is 60.7 Å². The summed E-state index contributed by atoms with van der Waals surface area (Å²) in [5.41, 5.74) is -1.80. The third kappa shape index (κ3) is 4.72. The van der Waals surface area contributed by atoms with Crippen molar-refractivity contribution in [1.82, 2.24) is 15.4 Å². The van der Waals surface area contributed by atoms with Crippen molar-refractivity contribution >= 4 is 62.2 Å². The van der Waals surface area contributed by atoms with Crippen molar-refractivity contribution in [2.45, 2.75) is 99.1 Å². The highest BCUT2D eigenvalue weighted by Gasteiger charge is 2.72. The summed E-state index contributed by atoms with van der Waals surface area (Å²) in [4.78, 5) is 42.4. The zero-order valence-corrected chi connectivity index (χ0v) is 28.1. The third-order valence-electron chi connectivity index (χ3n) is 11.7. The number of amides is 3. The second-order valence-electron chi connectivity index (χ2n) is 14.3. The molecule has 12 heteroatoms. The van der Waals surface area contributed by atoms with Crippen LogP contribution < -0.4 is 20.7 Å². The number of hydrogen-bond acceptors (Lipinski definition) is 5. The van der Waals surface area contributed by atoms with Crippen LogP contribution in [0.2, 0.25) is 10.0 Å². The molecule has 0 radical (unpaired) electrons. The minimum atomic E-state index is -2.70. The minimum Gasteiger partial charge on any atom is -0.349 e. The third-order valence-corrected chi connectivity index (χ3v) is 12.9. The van der Waals surface area contributed by atoms with E-state index in [0.29, 0.717) is 67.6 Å². The van der Waals surface area contributed by atoms with Gasteiger partial charge in [0, 0.05) is 43.7 Å². The molecule has 1 unspecified atom stereocenters. The normalized spacial score (nSPS) is 33.8. The van der Waals surface area contributed by atoms with E-state index in [4.69, 9.17) is 23.2 Å². The zero-order valence-electron chi connectivity index (χ0n) is 25.8. The quantitative estimate of drug-likeness (QED) is 0.316. The Labute approximate surface area is 279 Å². The lowest BCUT2D eigenvalue weighted by molar-refractivity contribution is -0.138. The first-order valence-corrected chi connectivity index (χ1v) is 18.9. The smallest absolute Gasteiger partial charge is 0.238 e. The van der Waals surface area contributed by atoms with E-state index in [1.807, 2.05) is 6.07 Å². The molecule has 2 aromatic rings. The summed E-state index contributed by atoms with van der Waals surface area (Å²) in [7, 11) is -2.70. The van der Waals surface area contributed by atoms with Crippen LogP contribution in [0.1, 0.15) is 87.7 Å². The Morgan fingerprint density at radius 3 is 2.33 bits per heavy atom. The van der Waals surface area contributed by atoms with E-state index in [-0.39, 0.29) is 28.3 Å². The van der Waals surface area contributed by atoms with Gasteiger partial charge in [-0.3, -0.25) is 24.4 Å². The Balaban J connectivity index is 1.29. The van der Waals surface area contributed by atoms with Crippen LogP contribution in [0.15, 0.2) is 36.4 Å². The zero-order chi connectivity index (χ0) is 32.7. The number of nitrogens with one attached hydrogen (secondary N) is 4. The summed E-state index contributed by atoms with van der Waals surface area (Å²) < 4.78 is 31.0. The molecule has 2 heterocycles. The summed E-state index contributed by atoms with van der Waals surface area (Å²) in [5, 5.41) is 10.5. The van der Waals surface area contributed by atoms with Gasteiger partial charge in [0.25, 0.3) is 0 Å². The molecular formula is C34H39Cl2FN4O4S. The number of fused-ring (bicyclic) bond motifs is 6. The largest absolute Gasteiger partial charge is 0.349 e. The SMILES string of the molecule is C=S(C)(=O)NC(=O)C12CCC(NC(=O)[C@@H]3NC4(CCCCC4)[C@@]4(C(=O)Nc5cc(Cl)ccc54)[C@H]3c3cccc(Cl)c3F)(CC1)CC2. The van der Waals surface area contributed by atoms with E-state index in [2.05, 4.69) is 26.5 Å².